The lowest BCUT2D eigenvalue weighted by Gasteiger charge is -2.10. The molecule has 0 bridgehead atoms. The lowest BCUT2D eigenvalue weighted by atomic mass is 10.0. The lowest BCUT2D eigenvalue weighted by molar-refractivity contribution is -0.125. The first-order chi connectivity index (χ1) is 8.17. The molecule has 1 N–H and O–H groups in total. The monoisotopic (exact) mass is 231 g/mol. The number of carbonyl (C=O) groups is 1. The van der Waals surface area contributed by atoms with E-state index < -0.39 is 0 Å². The van der Waals surface area contributed by atoms with Crippen molar-refractivity contribution in [3.63, 3.8) is 0 Å². The zero-order valence-electron chi connectivity index (χ0n) is 10.0. The minimum Gasteiger partial charge on any atom is -0.379 e. The second-order valence-corrected chi connectivity index (χ2v) is 3.69. The summed E-state index contributed by atoms with van der Waals surface area (Å²) in [6.45, 7) is 8.81. The number of hydroxylamine groups is 1. The van der Waals surface area contributed by atoms with Crippen molar-refractivity contribution < 1.29 is 9.63 Å². The minimum atomic E-state index is -0.232. The van der Waals surface area contributed by atoms with Crippen molar-refractivity contribution in [2.24, 2.45) is 0 Å². The van der Waals surface area contributed by atoms with Crippen LogP contribution in [-0.4, -0.2) is 5.91 Å². The summed E-state index contributed by atoms with van der Waals surface area (Å²) in [6.07, 6.45) is 5.15. The molecule has 1 aromatic rings. The van der Waals surface area contributed by atoms with E-state index in [0.717, 1.165) is 17.5 Å². The van der Waals surface area contributed by atoms with Crippen LogP contribution in [0.5, 0.6) is 5.75 Å². The van der Waals surface area contributed by atoms with Gasteiger partial charge in [0, 0.05) is 12.5 Å². The molecule has 0 unspecified atom stereocenters. The van der Waals surface area contributed by atoms with Crippen molar-refractivity contribution in [3.05, 3.63) is 54.6 Å². The van der Waals surface area contributed by atoms with Gasteiger partial charge in [-0.3, -0.25) is 4.79 Å². The smallest absolute Gasteiger partial charge is 0.249 e. The summed E-state index contributed by atoms with van der Waals surface area (Å²) < 4.78 is 0. The molecule has 0 atom stereocenters. The molecule has 1 rings (SSSR count). The van der Waals surface area contributed by atoms with Crippen LogP contribution in [-0.2, 0) is 17.6 Å². The van der Waals surface area contributed by atoms with Gasteiger partial charge in [-0.25, -0.2) is 0 Å². The maximum absolute atomic E-state index is 10.8. The topological polar surface area (TPSA) is 38.3 Å². The third kappa shape index (κ3) is 4.15. The average Bonchev–Trinajstić information content (AvgIpc) is 2.28. The largest absolute Gasteiger partial charge is 0.379 e. The summed E-state index contributed by atoms with van der Waals surface area (Å²) in [7, 11) is 0. The third-order valence-corrected chi connectivity index (χ3v) is 2.17. The molecule has 0 spiro atoms. The van der Waals surface area contributed by atoms with Crippen LogP contribution in [0, 0.1) is 0 Å². The molecule has 90 valence electrons. The molecule has 17 heavy (non-hydrogen) atoms. The fourth-order valence-corrected chi connectivity index (χ4v) is 1.47. The molecule has 0 saturated heterocycles. The molecule has 0 radical (unpaired) electrons. The van der Waals surface area contributed by atoms with Gasteiger partial charge in [0.05, 0.1) is 0 Å². The van der Waals surface area contributed by atoms with Gasteiger partial charge in [-0.1, -0.05) is 24.3 Å². The van der Waals surface area contributed by atoms with Gasteiger partial charge < -0.3 is 4.84 Å². The van der Waals surface area contributed by atoms with E-state index in [-0.39, 0.29) is 5.91 Å². The van der Waals surface area contributed by atoms with Gasteiger partial charge in [0.25, 0.3) is 0 Å². The van der Waals surface area contributed by atoms with Crippen LogP contribution in [0.1, 0.15) is 18.1 Å². The number of carbonyl (C=O) groups excluding carboxylic acids is 1. The Hall–Kier alpha value is -2.03. The second kappa shape index (κ2) is 6.53. The Morgan fingerprint density at radius 1 is 1.35 bits per heavy atom. The molecule has 0 aliphatic carbocycles. The predicted molar refractivity (Wildman–Crippen MR) is 68.7 cm³/mol. The maximum atomic E-state index is 10.8. The maximum Gasteiger partial charge on any atom is 0.249 e. The molecule has 0 heterocycles. The van der Waals surface area contributed by atoms with Crippen LogP contribution in [0.25, 0.3) is 0 Å². The van der Waals surface area contributed by atoms with E-state index in [0.29, 0.717) is 12.2 Å². The third-order valence-electron chi connectivity index (χ3n) is 2.17. The highest BCUT2D eigenvalue weighted by Gasteiger charge is 2.05. The zero-order valence-corrected chi connectivity index (χ0v) is 10.0. The van der Waals surface area contributed by atoms with Crippen LogP contribution in [0.15, 0.2) is 43.5 Å². The SMILES string of the molecule is C=CCc1ccc(ONC(C)=O)c(CC=C)c1. The van der Waals surface area contributed by atoms with Crippen LogP contribution in [0.2, 0.25) is 0 Å². The highest BCUT2D eigenvalue weighted by molar-refractivity contribution is 5.71. The van der Waals surface area contributed by atoms with Crippen LogP contribution < -0.4 is 10.3 Å². The Balaban J connectivity index is 2.90. The highest BCUT2D eigenvalue weighted by Crippen LogP contribution is 2.21. The van der Waals surface area contributed by atoms with E-state index >= 15 is 0 Å². The number of rotatable bonds is 6. The molecule has 0 aliphatic rings. The van der Waals surface area contributed by atoms with Gasteiger partial charge in [0.2, 0.25) is 5.91 Å². The Morgan fingerprint density at radius 3 is 2.65 bits per heavy atom. The van der Waals surface area contributed by atoms with E-state index in [1.165, 1.54) is 6.92 Å². The van der Waals surface area contributed by atoms with Crippen molar-refractivity contribution >= 4 is 5.91 Å². The van der Waals surface area contributed by atoms with Crippen molar-refractivity contribution in [1.29, 1.82) is 0 Å². The molecule has 3 nitrogen and oxygen atoms in total. The Bertz CT molecular complexity index is 424. The minimum absolute atomic E-state index is 0.232. The van der Waals surface area contributed by atoms with E-state index in [2.05, 4.69) is 18.6 Å². The molecule has 1 aromatic carbocycles. The van der Waals surface area contributed by atoms with Crippen molar-refractivity contribution in [1.82, 2.24) is 5.48 Å². The van der Waals surface area contributed by atoms with Gasteiger partial charge in [-0.2, -0.15) is 5.48 Å². The number of hydrogen-bond donors (Lipinski definition) is 1. The molecule has 0 saturated carbocycles. The van der Waals surface area contributed by atoms with Crippen LogP contribution in [0.4, 0.5) is 0 Å². The Kier molecular flexibility index (Phi) is 5.01. The number of hydrogen-bond acceptors (Lipinski definition) is 2. The lowest BCUT2D eigenvalue weighted by Crippen LogP contribution is -2.24. The van der Waals surface area contributed by atoms with Crippen LogP contribution >= 0.6 is 0 Å². The quantitative estimate of drug-likeness (QED) is 0.603. The van der Waals surface area contributed by atoms with Crippen molar-refractivity contribution in [3.8, 4) is 5.75 Å². The fourth-order valence-electron chi connectivity index (χ4n) is 1.47. The summed E-state index contributed by atoms with van der Waals surface area (Å²) in [4.78, 5) is 16.0. The highest BCUT2D eigenvalue weighted by atomic mass is 16.7. The number of benzene rings is 1. The first kappa shape index (κ1) is 13.0. The predicted octanol–water partition coefficient (Wildman–Crippen LogP) is 2.57. The molecular weight excluding hydrogens is 214 g/mol. The average molecular weight is 231 g/mol. The molecule has 3 heteroatoms. The van der Waals surface area contributed by atoms with E-state index in [1.807, 2.05) is 24.3 Å². The van der Waals surface area contributed by atoms with Gasteiger partial charge in [0.1, 0.15) is 0 Å². The van der Waals surface area contributed by atoms with Gasteiger partial charge in [-0.05, 0) is 24.5 Å². The van der Waals surface area contributed by atoms with E-state index in [4.69, 9.17) is 4.84 Å². The van der Waals surface area contributed by atoms with Gasteiger partial charge in [0.15, 0.2) is 5.75 Å². The van der Waals surface area contributed by atoms with Gasteiger partial charge >= 0.3 is 0 Å². The van der Waals surface area contributed by atoms with E-state index in [1.54, 1.807) is 6.08 Å². The normalized spacial score (nSPS) is 9.47. The summed E-state index contributed by atoms with van der Waals surface area (Å²) in [5, 5.41) is 0. The molecular formula is C14H17NO2. The van der Waals surface area contributed by atoms with Gasteiger partial charge in [-0.15, -0.1) is 13.2 Å². The zero-order chi connectivity index (χ0) is 12.7. The summed E-state index contributed by atoms with van der Waals surface area (Å²) >= 11 is 0. The van der Waals surface area contributed by atoms with E-state index in [9.17, 15) is 4.79 Å². The summed E-state index contributed by atoms with van der Waals surface area (Å²) in [5.74, 6) is 0.414. The molecule has 0 aliphatic heterocycles. The molecule has 1 amide bonds. The summed E-state index contributed by atoms with van der Waals surface area (Å²) in [6, 6.07) is 5.82. The first-order valence-corrected chi connectivity index (χ1v) is 5.44. The van der Waals surface area contributed by atoms with Crippen molar-refractivity contribution in [2.45, 2.75) is 19.8 Å². The second-order valence-electron chi connectivity index (χ2n) is 3.69. The van der Waals surface area contributed by atoms with Crippen LogP contribution in [0.3, 0.4) is 0 Å². The Labute approximate surface area is 102 Å². The number of amides is 1. The number of nitrogens with one attached hydrogen (secondary N) is 1. The Morgan fingerprint density at radius 2 is 2.06 bits per heavy atom. The first-order valence-electron chi connectivity index (χ1n) is 5.44. The molecule has 0 fully saturated rings. The standard InChI is InChI=1S/C14H17NO2/c1-4-6-12-8-9-14(17-15-11(3)16)13(10-12)7-5-2/h4-5,8-10H,1-2,6-7H2,3H3,(H,15,16). The fraction of sp³-hybridized carbons (Fsp3) is 0.214. The summed E-state index contributed by atoms with van der Waals surface area (Å²) in [5.41, 5.74) is 4.47. The molecule has 0 aromatic heterocycles. The number of allylic oxidation sites excluding steroid dienone is 2. The van der Waals surface area contributed by atoms with Crippen molar-refractivity contribution in [2.75, 3.05) is 0 Å².